The molecule has 3 atom stereocenters. The Bertz CT molecular complexity index is 242. The van der Waals surface area contributed by atoms with Crippen molar-refractivity contribution in [3.8, 4) is 0 Å². The SMILES string of the molecule is CC1CN(CC2(CN)CCCOC2)CCC1O. The molecule has 0 radical (unpaired) electrons. The molecule has 0 aromatic rings. The number of nitrogens with two attached hydrogens (primary N) is 1. The van der Waals surface area contributed by atoms with Crippen LogP contribution in [-0.4, -0.2) is 55.5 Å². The summed E-state index contributed by atoms with van der Waals surface area (Å²) in [5.41, 5.74) is 6.11. The third kappa shape index (κ3) is 3.19. The number of piperidine rings is 1. The summed E-state index contributed by atoms with van der Waals surface area (Å²) in [4.78, 5) is 2.46. The van der Waals surface area contributed by atoms with Crippen molar-refractivity contribution in [2.75, 3.05) is 39.4 Å². The average Bonchev–Trinajstić information content (AvgIpc) is 2.35. The van der Waals surface area contributed by atoms with E-state index < -0.39 is 0 Å². The monoisotopic (exact) mass is 242 g/mol. The molecule has 0 aliphatic carbocycles. The summed E-state index contributed by atoms with van der Waals surface area (Å²) in [5, 5.41) is 9.75. The van der Waals surface area contributed by atoms with Gasteiger partial charge in [0.05, 0.1) is 12.7 Å². The molecule has 2 rings (SSSR count). The lowest BCUT2D eigenvalue weighted by molar-refractivity contribution is -0.0401. The van der Waals surface area contributed by atoms with E-state index in [1.54, 1.807) is 0 Å². The topological polar surface area (TPSA) is 58.7 Å². The summed E-state index contributed by atoms with van der Waals surface area (Å²) in [5.74, 6) is 0.378. The zero-order valence-corrected chi connectivity index (χ0v) is 10.9. The molecule has 0 bridgehead atoms. The van der Waals surface area contributed by atoms with Gasteiger partial charge in [0.15, 0.2) is 0 Å². The first-order valence-corrected chi connectivity index (χ1v) is 6.83. The van der Waals surface area contributed by atoms with Crippen molar-refractivity contribution in [2.24, 2.45) is 17.1 Å². The molecule has 3 N–H and O–H groups in total. The molecule has 2 fully saturated rings. The normalized spacial score (nSPS) is 40.4. The maximum Gasteiger partial charge on any atom is 0.0590 e. The highest BCUT2D eigenvalue weighted by Crippen LogP contribution is 2.30. The quantitative estimate of drug-likeness (QED) is 0.754. The van der Waals surface area contributed by atoms with Crippen molar-refractivity contribution in [1.82, 2.24) is 4.90 Å². The highest BCUT2D eigenvalue weighted by Gasteiger charge is 2.35. The molecule has 4 heteroatoms. The third-order valence-electron chi connectivity index (χ3n) is 4.34. The molecular weight excluding hydrogens is 216 g/mol. The lowest BCUT2D eigenvalue weighted by Crippen LogP contribution is -2.51. The highest BCUT2D eigenvalue weighted by atomic mass is 16.5. The van der Waals surface area contributed by atoms with Crippen LogP contribution in [0.2, 0.25) is 0 Å². The first-order chi connectivity index (χ1) is 8.15. The minimum atomic E-state index is -0.123. The molecule has 17 heavy (non-hydrogen) atoms. The molecule has 0 aromatic carbocycles. The van der Waals surface area contributed by atoms with Crippen LogP contribution in [0.15, 0.2) is 0 Å². The van der Waals surface area contributed by atoms with E-state index in [4.69, 9.17) is 10.5 Å². The van der Waals surface area contributed by atoms with E-state index in [0.29, 0.717) is 12.5 Å². The van der Waals surface area contributed by atoms with Gasteiger partial charge in [-0.2, -0.15) is 0 Å². The lowest BCUT2D eigenvalue weighted by Gasteiger charge is -2.43. The molecule has 0 amide bonds. The molecular formula is C13H26N2O2. The fourth-order valence-corrected chi connectivity index (χ4v) is 3.10. The Morgan fingerprint density at radius 3 is 2.94 bits per heavy atom. The molecule has 0 saturated carbocycles. The van der Waals surface area contributed by atoms with Crippen LogP contribution in [0, 0.1) is 11.3 Å². The van der Waals surface area contributed by atoms with E-state index in [1.807, 2.05) is 0 Å². The number of hydrogen-bond acceptors (Lipinski definition) is 4. The summed E-state index contributed by atoms with van der Waals surface area (Å²) in [6, 6.07) is 0. The van der Waals surface area contributed by atoms with Crippen molar-refractivity contribution < 1.29 is 9.84 Å². The number of nitrogens with zero attached hydrogens (tertiary/aromatic N) is 1. The van der Waals surface area contributed by atoms with Crippen molar-refractivity contribution in [3.05, 3.63) is 0 Å². The smallest absolute Gasteiger partial charge is 0.0590 e. The second-order valence-electron chi connectivity index (χ2n) is 5.93. The van der Waals surface area contributed by atoms with E-state index in [9.17, 15) is 5.11 Å². The summed E-state index contributed by atoms with van der Waals surface area (Å²) >= 11 is 0. The predicted octanol–water partition coefficient (Wildman–Crippen LogP) is 0.445. The lowest BCUT2D eigenvalue weighted by atomic mass is 9.81. The largest absolute Gasteiger partial charge is 0.393 e. The van der Waals surface area contributed by atoms with E-state index in [2.05, 4.69) is 11.8 Å². The highest BCUT2D eigenvalue weighted by molar-refractivity contribution is 4.88. The van der Waals surface area contributed by atoms with Gasteiger partial charge in [-0.1, -0.05) is 6.92 Å². The first-order valence-electron chi connectivity index (χ1n) is 6.83. The average molecular weight is 242 g/mol. The minimum Gasteiger partial charge on any atom is -0.393 e. The molecule has 0 aromatic heterocycles. The van der Waals surface area contributed by atoms with Gasteiger partial charge >= 0.3 is 0 Å². The van der Waals surface area contributed by atoms with Gasteiger partial charge in [0, 0.05) is 38.2 Å². The van der Waals surface area contributed by atoms with Crippen molar-refractivity contribution in [1.29, 1.82) is 0 Å². The van der Waals surface area contributed by atoms with E-state index in [1.165, 1.54) is 6.42 Å². The van der Waals surface area contributed by atoms with Crippen molar-refractivity contribution in [2.45, 2.75) is 32.3 Å². The van der Waals surface area contributed by atoms with E-state index in [-0.39, 0.29) is 11.5 Å². The van der Waals surface area contributed by atoms with Crippen molar-refractivity contribution in [3.63, 3.8) is 0 Å². The number of ether oxygens (including phenoxy) is 1. The summed E-state index contributed by atoms with van der Waals surface area (Å²) < 4.78 is 5.61. The number of aliphatic hydroxyl groups excluding tert-OH is 1. The van der Waals surface area contributed by atoms with Crippen molar-refractivity contribution >= 4 is 0 Å². The molecule has 2 aliphatic heterocycles. The molecule has 4 nitrogen and oxygen atoms in total. The Morgan fingerprint density at radius 1 is 1.53 bits per heavy atom. The summed E-state index contributed by atoms with van der Waals surface area (Å²) in [7, 11) is 0. The molecule has 0 spiro atoms. The van der Waals surface area contributed by atoms with Crippen LogP contribution in [0.5, 0.6) is 0 Å². The maximum absolute atomic E-state index is 9.75. The van der Waals surface area contributed by atoms with Gasteiger partial charge in [-0.3, -0.25) is 0 Å². The summed E-state index contributed by atoms with van der Waals surface area (Å²) in [6.07, 6.45) is 3.07. The van der Waals surface area contributed by atoms with Gasteiger partial charge in [-0.15, -0.1) is 0 Å². The Kier molecular flexibility index (Phi) is 4.42. The first kappa shape index (κ1) is 13.3. The Balaban J connectivity index is 1.90. The van der Waals surface area contributed by atoms with Gasteiger partial charge in [-0.25, -0.2) is 0 Å². The molecule has 3 unspecified atom stereocenters. The van der Waals surface area contributed by atoms with E-state index >= 15 is 0 Å². The van der Waals surface area contributed by atoms with Gasteiger partial charge in [0.2, 0.25) is 0 Å². The number of aliphatic hydroxyl groups is 1. The fourth-order valence-electron chi connectivity index (χ4n) is 3.10. The van der Waals surface area contributed by atoms with Crippen LogP contribution in [-0.2, 0) is 4.74 Å². The van der Waals surface area contributed by atoms with Crippen LogP contribution >= 0.6 is 0 Å². The number of likely N-dealkylation sites (tertiary alicyclic amines) is 1. The van der Waals surface area contributed by atoms with E-state index in [0.717, 1.165) is 45.7 Å². The fraction of sp³-hybridized carbons (Fsp3) is 1.00. The Hall–Kier alpha value is -0.160. The van der Waals surface area contributed by atoms with Crippen LogP contribution in [0.25, 0.3) is 0 Å². The second-order valence-corrected chi connectivity index (χ2v) is 5.93. The second kappa shape index (κ2) is 5.65. The number of hydrogen-bond donors (Lipinski definition) is 2. The van der Waals surface area contributed by atoms with Gasteiger partial charge in [-0.05, 0) is 25.2 Å². The molecule has 2 heterocycles. The zero-order chi connectivity index (χ0) is 12.3. The number of rotatable bonds is 3. The predicted molar refractivity (Wildman–Crippen MR) is 67.8 cm³/mol. The zero-order valence-electron chi connectivity index (χ0n) is 10.9. The third-order valence-corrected chi connectivity index (χ3v) is 4.34. The van der Waals surface area contributed by atoms with Gasteiger partial charge in [0.1, 0.15) is 0 Å². The van der Waals surface area contributed by atoms with Crippen LogP contribution in [0.4, 0.5) is 0 Å². The Morgan fingerprint density at radius 2 is 2.35 bits per heavy atom. The minimum absolute atomic E-state index is 0.123. The van der Waals surface area contributed by atoms with Crippen LogP contribution in [0.3, 0.4) is 0 Å². The van der Waals surface area contributed by atoms with Gasteiger partial charge < -0.3 is 20.5 Å². The standard InChI is InChI=1S/C13H26N2O2/c1-11-7-15(5-3-12(11)16)9-13(8-14)4-2-6-17-10-13/h11-12,16H,2-10,14H2,1H3. The Labute approximate surface area is 104 Å². The molecule has 2 saturated heterocycles. The molecule has 100 valence electrons. The van der Waals surface area contributed by atoms with Gasteiger partial charge in [0.25, 0.3) is 0 Å². The van der Waals surface area contributed by atoms with Crippen LogP contribution < -0.4 is 5.73 Å². The maximum atomic E-state index is 9.75. The molecule has 2 aliphatic rings. The van der Waals surface area contributed by atoms with Crippen LogP contribution in [0.1, 0.15) is 26.2 Å². The summed E-state index contributed by atoms with van der Waals surface area (Å²) in [6.45, 7) is 7.54.